The fourth-order valence-corrected chi connectivity index (χ4v) is 2.83. The summed E-state index contributed by atoms with van der Waals surface area (Å²) in [6.45, 7) is 9.83. The molecule has 0 aromatic heterocycles. The van der Waals surface area contributed by atoms with E-state index >= 15 is 0 Å². The lowest BCUT2D eigenvalue weighted by Crippen LogP contribution is -2.10. The normalized spacial score (nSPS) is 13.4. The van der Waals surface area contributed by atoms with Crippen LogP contribution >= 0.6 is 0 Å². The second-order valence-electron chi connectivity index (χ2n) is 6.29. The average molecular weight is 318 g/mol. The molecule has 0 aliphatic carbocycles. The molecule has 130 valence electrons. The Hall–Kier alpha value is -1.40. The van der Waals surface area contributed by atoms with Crippen LogP contribution in [0.4, 0.5) is 0 Å². The van der Waals surface area contributed by atoms with Crippen molar-refractivity contribution in [3.8, 4) is 0 Å². The summed E-state index contributed by atoms with van der Waals surface area (Å²) >= 11 is 0. The van der Waals surface area contributed by atoms with Crippen LogP contribution in [0.1, 0.15) is 77.6 Å². The molecule has 2 atom stereocenters. The number of unbranched alkanes of at least 4 members (excludes halogenated alkanes) is 6. The van der Waals surface area contributed by atoms with Gasteiger partial charge in [0.2, 0.25) is 6.08 Å². The van der Waals surface area contributed by atoms with Crippen molar-refractivity contribution in [2.45, 2.75) is 83.6 Å². The highest BCUT2D eigenvalue weighted by molar-refractivity contribution is 5.33. The van der Waals surface area contributed by atoms with Gasteiger partial charge in [-0.2, -0.15) is 0 Å². The molecule has 2 heteroatoms. The topological polar surface area (TPSA) is 29.4 Å². The Balaban J connectivity index is 4.01. The molecular weight excluding hydrogens is 282 g/mol. The van der Waals surface area contributed by atoms with Crippen LogP contribution in [0.3, 0.4) is 0 Å². The minimum Gasteiger partial charge on any atom is -0.211 e. The first-order valence-corrected chi connectivity index (χ1v) is 9.22. The van der Waals surface area contributed by atoms with Gasteiger partial charge in [-0.15, -0.1) is 13.2 Å². The summed E-state index contributed by atoms with van der Waals surface area (Å²) in [5.41, 5.74) is 0. The quantitative estimate of drug-likeness (QED) is 0.137. The molecule has 0 heterocycles. The van der Waals surface area contributed by atoms with Gasteiger partial charge in [-0.3, -0.25) is 0 Å². The Morgan fingerprint density at radius 1 is 0.957 bits per heavy atom. The highest BCUT2D eigenvalue weighted by atomic mass is 16.1. The molecule has 23 heavy (non-hydrogen) atoms. The number of aliphatic imine (C=N–C) groups is 1. The zero-order chi connectivity index (χ0) is 17.2. The van der Waals surface area contributed by atoms with Crippen LogP contribution in [-0.4, -0.2) is 12.1 Å². The van der Waals surface area contributed by atoms with E-state index in [9.17, 15) is 4.79 Å². The molecule has 0 N–H and O–H groups in total. The minimum atomic E-state index is 0.0157. The first-order valence-electron chi connectivity index (χ1n) is 9.22. The standard InChI is InChI=1S/C21H35NO/c1-4-7-8-9-10-11-12-13-14-17-20(15-5-2)18-21(16-6-3)22-19-23/h5-6,13-14,20-21H,2-4,7-12,15-18H2,1H3. The smallest absolute Gasteiger partial charge is 0.211 e. The van der Waals surface area contributed by atoms with Crippen LogP contribution in [0.2, 0.25) is 0 Å². The van der Waals surface area contributed by atoms with E-state index in [0.717, 1.165) is 25.7 Å². The molecule has 0 saturated carbocycles. The van der Waals surface area contributed by atoms with Gasteiger partial charge >= 0.3 is 0 Å². The zero-order valence-corrected chi connectivity index (χ0v) is 15.0. The van der Waals surface area contributed by atoms with Crippen LogP contribution in [0, 0.1) is 5.92 Å². The lowest BCUT2D eigenvalue weighted by Gasteiger charge is -2.16. The molecule has 0 aromatic rings. The third kappa shape index (κ3) is 14.0. The van der Waals surface area contributed by atoms with Gasteiger partial charge in [-0.1, -0.05) is 63.3 Å². The Kier molecular flexibility index (Phi) is 15.9. The molecule has 0 aliphatic heterocycles. The van der Waals surface area contributed by atoms with Gasteiger partial charge in [0.1, 0.15) is 0 Å². The van der Waals surface area contributed by atoms with Gasteiger partial charge < -0.3 is 0 Å². The van der Waals surface area contributed by atoms with Crippen molar-refractivity contribution in [1.29, 1.82) is 0 Å². The first-order chi connectivity index (χ1) is 11.3. The predicted octanol–water partition coefficient (Wildman–Crippen LogP) is 6.55. The molecule has 0 aliphatic rings. The highest BCUT2D eigenvalue weighted by Crippen LogP contribution is 2.21. The van der Waals surface area contributed by atoms with E-state index in [1.807, 2.05) is 12.2 Å². The Labute approximate surface area is 143 Å². The minimum absolute atomic E-state index is 0.0157. The fourth-order valence-electron chi connectivity index (χ4n) is 2.83. The lowest BCUT2D eigenvalue weighted by atomic mass is 9.92. The third-order valence-corrected chi connectivity index (χ3v) is 4.14. The molecule has 2 unspecified atom stereocenters. The second-order valence-corrected chi connectivity index (χ2v) is 6.29. The summed E-state index contributed by atoms with van der Waals surface area (Å²) in [6, 6.07) is 0.0157. The van der Waals surface area contributed by atoms with E-state index in [4.69, 9.17) is 0 Å². The van der Waals surface area contributed by atoms with Gasteiger partial charge in [0, 0.05) is 0 Å². The number of isocyanates is 1. The van der Waals surface area contributed by atoms with Crippen LogP contribution in [0.5, 0.6) is 0 Å². The summed E-state index contributed by atoms with van der Waals surface area (Å²) in [7, 11) is 0. The van der Waals surface area contributed by atoms with E-state index in [-0.39, 0.29) is 6.04 Å². The van der Waals surface area contributed by atoms with E-state index in [2.05, 4.69) is 37.2 Å². The summed E-state index contributed by atoms with van der Waals surface area (Å²) in [5, 5.41) is 0. The monoisotopic (exact) mass is 317 g/mol. The number of allylic oxidation sites excluding steroid dienone is 3. The van der Waals surface area contributed by atoms with Crippen LogP contribution in [-0.2, 0) is 4.79 Å². The third-order valence-electron chi connectivity index (χ3n) is 4.14. The largest absolute Gasteiger partial charge is 0.235 e. The molecule has 2 nitrogen and oxygen atoms in total. The number of carbonyl (C=O) groups excluding carboxylic acids is 1. The fraction of sp³-hybridized carbons (Fsp3) is 0.667. The van der Waals surface area contributed by atoms with Gasteiger partial charge in [0.15, 0.2) is 0 Å². The Morgan fingerprint density at radius 3 is 2.30 bits per heavy atom. The zero-order valence-electron chi connectivity index (χ0n) is 15.0. The molecule has 0 aromatic carbocycles. The Morgan fingerprint density at radius 2 is 1.65 bits per heavy atom. The molecule has 0 amide bonds. The van der Waals surface area contributed by atoms with Crippen molar-refractivity contribution in [3.05, 3.63) is 37.5 Å². The summed E-state index contributed by atoms with van der Waals surface area (Å²) < 4.78 is 0. The summed E-state index contributed by atoms with van der Waals surface area (Å²) in [4.78, 5) is 14.4. The van der Waals surface area contributed by atoms with Gasteiger partial charge in [0.05, 0.1) is 6.04 Å². The molecule has 0 rings (SSSR count). The van der Waals surface area contributed by atoms with Gasteiger partial charge in [0.25, 0.3) is 0 Å². The summed E-state index contributed by atoms with van der Waals surface area (Å²) in [5.74, 6) is 0.496. The molecular formula is C21H35NO. The number of rotatable bonds is 16. The van der Waals surface area contributed by atoms with Crippen molar-refractivity contribution in [2.24, 2.45) is 10.9 Å². The van der Waals surface area contributed by atoms with E-state index in [1.54, 1.807) is 6.08 Å². The molecule has 0 radical (unpaired) electrons. The van der Waals surface area contributed by atoms with Crippen LogP contribution in [0.15, 0.2) is 42.5 Å². The number of hydrogen-bond donors (Lipinski definition) is 0. The van der Waals surface area contributed by atoms with E-state index < -0.39 is 0 Å². The Bertz CT molecular complexity index is 366. The molecule has 0 saturated heterocycles. The van der Waals surface area contributed by atoms with Crippen molar-refractivity contribution in [3.63, 3.8) is 0 Å². The maximum Gasteiger partial charge on any atom is 0.235 e. The lowest BCUT2D eigenvalue weighted by molar-refractivity contribution is 0.438. The first kappa shape index (κ1) is 21.6. The predicted molar refractivity (Wildman–Crippen MR) is 101 cm³/mol. The van der Waals surface area contributed by atoms with Gasteiger partial charge in [-0.25, -0.2) is 9.79 Å². The molecule has 0 bridgehead atoms. The number of hydrogen-bond acceptors (Lipinski definition) is 2. The number of nitrogens with zero attached hydrogens (tertiary/aromatic N) is 1. The van der Waals surface area contributed by atoms with Gasteiger partial charge in [-0.05, 0) is 44.4 Å². The summed E-state index contributed by atoms with van der Waals surface area (Å²) in [6.07, 6.45) is 22.9. The van der Waals surface area contributed by atoms with Crippen molar-refractivity contribution >= 4 is 6.08 Å². The molecule has 0 spiro atoms. The second kappa shape index (κ2) is 17.0. The highest BCUT2D eigenvalue weighted by Gasteiger charge is 2.13. The van der Waals surface area contributed by atoms with E-state index in [0.29, 0.717) is 5.92 Å². The maximum atomic E-state index is 10.5. The SMILES string of the molecule is C=CCC(CC=CCCCCCCCC)CC(CC=C)N=C=O. The van der Waals surface area contributed by atoms with Crippen LogP contribution in [0.25, 0.3) is 0 Å². The van der Waals surface area contributed by atoms with Crippen molar-refractivity contribution in [2.75, 3.05) is 0 Å². The molecule has 0 fully saturated rings. The van der Waals surface area contributed by atoms with Crippen molar-refractivity contribution < 1.29 is 4.79 Å². The van der Waals surface area contributed by atoms with Crippen molar-refractivity contribution in [1.82, 2.24) is 0 Å². The van der Waals surface area contributed by atoms with Crippen LogP contribution < -0.4 is 0 Å². The maximum absolute atomic E-state index is 10.5. The average Bonchev–Trinajstić information content (AvgIpc) is 2.54. The van der Waals surface area contributed by atoms with E-state index in [1.165, 1.54) is 44.9 Å².